The molecular formula is C9H8F3LiO3S. The van der Waals surface area contributed by atoms with Gasteiger partial charge >= 0.3 is 34.5 Å². The van der Waals surface area contributed by atoms with Crippen molar-refractivity contribution in [3.05, 3.63) is 42.2 Å². The minimum atomic E-state index is -5.55. The third-order valence-electron chi connectivity index (χ3n) is 1.53. The maximum absolute atomic E-state index is 11.8. The molecule has 0 aliphatic carbocycles. The van der Waals surface area contributed by atoms with E-state index in [1.54, 1.807) is 30.3 Å². The summed E-state index contributed by atoms with van der Waals surface area (Å²) >= 11 is 0. The van der Waals surface area contributed by atoms with Gasteiger partial charge in [-0.1, -0.05) is 30.3 Å². The fourth-order valence-corrected chi connectivity index (χ4v) is 1.11. The van der Waals surface area contributed by atoms with Crippen LogP contribution in [0.2, 0.25) is 0 Å². The number of rotatable bonds is 3. The zero-order valence-electron chi connectivity index (χ0n) is 7.81. The van der Waals surface area contributed by atoms with Crippen LogP contribution in [0.25, 0.3) is 6.08 Å². The van der Waals surface area contributed by atoms with Gasteiger partial charge in [0, 0.05) is 0 Å². The molecule has 0 aliphatic heterocycles. The molecule has 0 radical (unpaired) electrons. The van der Waals surface area contributed by atoms with E-state index in [-0.39, 0.29) is 18.9 Å². The van der Waals surface area contributed by atoms with Crippen LogP contribution >= 0.6 is 0 Å². The minimum absolute atomic E-state index is 0. The van der Waals surface area contributed by atoms with Crippen molar-refractivity contribution in [2.45, 2.75) is 5.51 Å². The van der Waals surface area contributed by atoms with E-state index in [9.17, 15) is 21.6 Å². The summed E-state index contributed by atoms with van der Waals surface area (Å²) < 4.78 is 60.0. The summed E-state index contributed by atoms with van der Waals surface area (Å²) in [6.07, 6.45) is 1.60. The van der Waals surface area contributed by atoms with Gasteiger partial charge in [0.1, 0.15) is 6.26 Å². The fraction of sp³-hybridized carbons (Fsp3) is 0.111. The number of hydrogen-bond donors (Lipinski definition) is 0. The molecule has 0 amide bonds. The van der Waals surface area contributed by atoms with Crippen molar-refractivity contribution in [3.8, 4) is 0 Å². The van der Waals surface area contributed by atoms with Crippen molar-refractivity contribution >= 4 is 35.1 Å². The van der Waals surface area contributed by atoms with Crippen LogP contribution in [0.15, 0.2) is 36.6 Å². The van der Waals surface area contributed by atoms with Gasteiger partial charge < -0.3 is 4.18 Å². The Morgan fingerprint density at radius 1 is 1.12 bits per heavy atom. The fourth-order valence-electron chi connectivity index (χ4n) is 0.798. The molecule has 1 aromatic rings. The Morgan fingerprint density at radius 3 is 2.12 bits per heavy atom. The molecule has 90 valence electrons. The van der Waals surface area contributed by atoms with Crippen LogP contribution in [0, 0.1) is 0 Å². The summed E-state index contributed by atoms with van der Waals surface area (Å²) in [5.74, 6) is 0. The second kappa shape index (κ2) is 6.14. The Labute approximate surface area is 109 Å². The van der Waals surface area contributed by atoms with Crippen molar-refractivity contribution in [1.82, 2.24) is 0 Å². The molecule has 0 N–H and O–H groups in total. The average molecular weight is 260 g/mol. The second-order valence-electron chi connectivity index (χ2n) is 2.71. The van der Waals surface area contributed by atoms with E-state index in [1.165, 1.54) is 0 Å². The van der Waals surface area contributed by atoms with Crippen molar-refractivity contribution in [2.24, 2.45) is 0 Å². The summed E-state index contributed by atoms with van der Waals surface area (Å²) in [6, 6.07) is 8.18. The number of hydrogen-bond acceptors (Lipinski definition) is 3. The Morgan fingerprint density at radius 2 is 1.65 bits per heavy atom. The monoisotopic (exact) mass is 260 g/mol. The molecule has 0 spiro atoms. The zero-order chi connectivity index (χ0) is 12.2. The molecule has 1 aromatic carbocycles. The summed E-state index contributed by atoms with van der Waals surface area (Å²) in [7, 11) is -5.55. The van der Waals surface area contributed by atoms with Crippen LogP contribution < -0.4 is 0 Å². The van der Waals surface area contributed by atoms with Gasteiger partial charge in [-0.15, -0.1) is 0 Å². The molecule has 0 heterocycles. The van der Waals surface area contributed by atoms with Crippen molar-refractivity contribution in [2.75, 3.05) is 0 Å². The molecular weight excluding hydrogens is 252 g/mol. The zero-order valence-corrected chi connectivity index (χ0v) is 8.62. The van der Waals surface area contributed by atoms with Crippen molar-refractivity contribution in [3.63, 3.8) is 0 Å². The summed E-state index contributed by atoms with van der Waals surface area (Å²) in [5, 5.41) is 0. The van der Waals surface area contributed by atoms with Crippen LogP contribution in [0.4, 0.5) is 13.2 Å². The molecule has 0 bridgehead atoms. The van der Waals surface area contributed by atoms with Gasteiger partial charge in [-0.2, -0.15) is 21.6 Å². The number of halogens is 3. The van der Waals surface area contributed by atoms with Crippen LogP contribution in [0.3, 0.4) is 0 Å². The van der Waals surface area contributed by atoms with E-state index in [2.05, 4.69) is 4.18 Å². The quantitative estimate of drug-likeness (QED) is 0.360. The van der Waals surface area contributed by atoms with E-state index in [0.717, 1.165) is 6.08 Å². The molecule has 3 nitrogen and oxygen atoms in total. The van der Waals surface area contributed by atoms with Gasteiger partial charge in [-0.3, -0.25) is 0 Å². The second-order valence-corrected chi connectivity index (χ2v) is 4.27. The molecule has 0 fully saturated rings. The molecule has 17 heavy (non-hydrogen) atoms. The summed E-state index contributed by atoms with van der Waals surface area (Å²) in [4.78, 5) is 0. The average Bonchev–Trinajstić information content (AvgIpc) is 2.17. The molecule has 0 saturated carbocycles. The van der Waals surface area contributed by atoms with Crippen LogP contribution in [-0.4, -0.2) is 32.8 Å². The summed E-state index contributed by atoms with van der Waals surface area (Å²) in [6.45, 7) is 0. The predicted molar refractivity (Wildman–Crippen MR) is 58.7 cm³/mol. The van der Waals surface area contributed by atoms with E-state index in [4.69, 9.17) is 0 Å². The van der Waals surface area contributed by atoms with E-state index in [1.807, 2.05) is 0 Å². The molecule has 8 heteroatoms. The molecule has 0 saturated heterocycles. The van der Waals surface area contributed by atoms with Crippen molar-refractivity contribution in [1.29, 1.82) is 0 Å². The standard InChI is InChI=1S/C9H7F3O3S.Li.H/c10-9(11,12)16(13,14)15-7-6-8-4-2-1-3-5-8;;/h1-7H;;. The topological polar surface area (TPSA) is 43.4 Å². The first-order valence-corrected chi connectivity index (χ1v) is 5.45. The Hall–Kier alpha value is -0.903. The number of alkyl halides is 3. The van der Waals surface area contributed by atoms with Gasteiger partial charge in [0.25, 0.3) is 0 Å². The first-order chi connectivity index (χ1) is 7.33. The normalized spacial score (nSPS) is 12.2. The molecule has 0 unspecified atom stereocenters. The van der Waals surface area contributed by atoms with Gasteiger partial charge in [0.15, 0.2) is 0 Å². The molecule has 0 aliphatic rings. The van der Waals surface area contributed by atoms with Crippen LogP contribution in [0.5, 0.6) is 0 Å². The molecule has 1 rings (SSSR count). The van der Waals surface area contributed by atoms with Gasteiger partial charge in [-0.25, -0.2) is 0 Å². The first-order valence-electron chi connectivity index (χ1n) is 4.04. The molecule has 0 aromatic heterocycles. The third-order valence-corrected chi connectivity index (χ3v) is 2.46. The van der Waals surface area contributed by atoms with Crippen LogP contribution in [-0.2, 0) is 14.3 Å². The predicted octanol–water partition coefficient (Wildman–Crippen LogP) is 1.88. The van der Waals surface area contributed by atoms with Crippen LogP contribution in [0.1, 0.15) is 5.56 Å². The van der Waals surface area contributed by atoms with E-state index >= 15 is 0 Å². The first kappa shape index (κ1) is 16.1. The third kappa shape index (κ3) is 4.85. The van der Waals surface area contributed by atoms with E-state index < -0.39 is 15.6 Å². The van der Waals surface area contributed by atoms with E-state index in [0.29, 0.717) is 11.8 Å². The maximum atomic E-state index is 11.8. The van der Waals surface area contributed by atoms with Crippen molar-refractivity contribution < 1.29 is 25.8 Å². The van der Waals surface area contributed by atoms with Gasteiger partial charge in [0.2, 0.25) is 0 Å². The summed E-state index contributed by atoms with van der Waals surface area (Å²) in [5.41, 5.74) is -4.88. The Kier molecular flexibility index (Phi) is 5.82. The number of benzene rings is 1. The Balaban J connectivity index is 0.00000256. The molecule has 0 atom stereocenters. The van der Waals surface area contributed by atoms with Gasteiger partial charge in [0.05, 0.1) is 0 Å². The van der Waals surface area contributed by atoms with Gasteiger partial charge in [-0.05, 0) is 11.6 Å². The SMILES string of the molecule is O=S(=O)(OC=Cc1ccccc1)C(F)(F)F.[LiH]. The Bertz CT molecular complexity index is 468.